The van der Waals surface area contributed by atoms with Crippen LogP contribution in [0.15, 0.2) is 6.20 Å². The molecule has 3 rings (SSSR count). The van der Waals surface area contributed by atoms with E-state index in [-0.39, 0.29) is 6.04 Å². The van der Waals surface area contributed by atoms with Gasteiger partial charge in [-0.2, -0.15) is 0 Å². The number of hydrogen-bond acceptors (Lipinski definition) is 5. The quantitative estimate of drug-likeness (QED) is 0.596. The summed E-state index contributed by atoms with van der Waals surface area (Å²) in [5.74, 6) is 6.21. The van der Waals surface area contributed by atoms with Crippen molar-refractivity contribution in [1.29, 1.82) is 0 Å². The molecule has 2 saturated heterocycles. The van der Waals surface area contributed by atoms with Crippen LogP contribution < -0.4 is 11.3 Å². The number of fused-ring (bicyclic) bond motifs is 2. The molecular weight excluding hydrogens is 230 g/mol. The van der Waals surface area contributed by atoms with Gasteiger partial charge in [-0.25, -0.2) is 4.68 Å². The van der Waals surface area contributed by atoms with Crippen molar-refractivity contribution >= 4 is 0 Å². The van der Waals surface area contributed by atoms with Crippen molar-refractivity contribution in [2.45, 2.75) is 57.4 Å². The van der Waals surface area contributed by atoms with Crippen molar-refractivity contribution in [1.82, 2.24) is 20.4 Å². The van der Waals surface area contributed by atoms with Gasteiger partial charge in [-0.15, -0.1) is 5.10 Å². The van der Waals surface area contributed by atoms with Crippen molar-refractivity contribution in [3.8, 4) is 0 Å². The maximum absolute atomic E-state index is 5.92. The first-order chi connectivity index (χ1) is 8.83. The molecule has 0 saturated carbocycles. The van der Waals surface area contributed by atoms with Gasteiger partial charge in [-0.3, -0.25) is 11.3 Å². The Morgan fingerprint density at radius 2 is 2.50 bits per heavy atom. The summed E-state index contributed by atoms with van der Waals surface area (Å²) in [6, 6.07) is 0.0989. The van der Waals surface area contributed by atoms with Crippen LogP contribution >= 0.6 is 0 Å². The minimum atomic E-state index is 0.0989. The minimum absolute atomic E-state index is 0.0989. The molecule has 1 aromatic rings. The summed E-state index contributed by atoms with van der Waals surface area (Å²) in [5.41, 5.74) is 4.03. The van der Waals surface area contributed by atoms with E-state index >= 15 is 0 Å². The van der Waals surface area contributed by atoms with Crippen LogP contribution in [0.5, 0.6) is 0 Å². The van der Waals surface area contributed by atoms with Crippen LogP contribution in [0.25, 0.3) is 0 Å². The molecule has 18 heavy (non-hydrogen) atoms. The third kappa shape index (κ3) is 1.94. The lowest BCUT2D eigenvalue weighted by Gasteiger charge is -2.27. The lowest BCUT2D eigenvalue weighted by Crippen LogP contribution is -2.39. The Morgan fingerprint density at radius 3 is 3.11 bits per heavy atom. The molecule has 4 atom stereocenters. The zero-order chi connectivity index (χ0) is 12.5. The first-order valence-corrected chi connectivity index (χ1v) is 6.83. The molecule has 100 valence electrons. The number of hydrazine groups is 1. The molecular formula is C12H21N5O. The highest BCUT2D eigenvalue weighted by atomic mass is 16.5. The van der Waals surface area contributed by atoms with Gasteiger partial charge in [0.1, 0.15) is 0 Å². The maximum Gasteiger partial charge on any atom is 0.0773 e. The maximum atomic E-state index is 5.92. The number of aryl methyl sites for hydroxylation is 1. The molecule has 4 unspecified atom stereocenters. The van der Waals surface area contributed by atoms with Crippen molar-refractivity contribution in [2.24, 2.45) is 11.8 Å². The molecule has 3 N–H and O–H groups in total. The number of nitrogens with one attached hydrogen (secondary N) is 1. The molecule has 6 heteroatoms. The fraction of sp³-hybridized carbons (Fsp3) is 0.833. The molecule has 3 heterocycles. The largest absolute Gasteiger partial charge is 0.375 e. The van der Waals surface area contributed by atoms with E-state index in [2.05, 4.69) is 22.7 Å². The van der Waals surface area contributed by atoms with E-state index in [9.17, 15) is 0 Å². The predicted molar refractivity (Wildman–Crippen MR) is 66.4 cm³/mol. The van der Waals surface area contributed by atoms with Gasteiger partial charge in [0.25, 0.3) is 0 Å². The molecule has 6 nitrogen and oxygen atoms in total. The fourth-order valence-corrected chi connectivity index (χ4v) is 3.35. The number of hydrogen-bond donors (Lipinski definition) is 2. The van der Waals surface area contributed by atoms with Crippen LogP contribution in [-0.2, 0) is 11.3 Å². The van der Waals surface area contributed by atoms with Crippen LogP contribution in [-0.4, -0.2) is 27.2 Å². The Balaban J connectivity index is 1.81. The number of aromatic nitrogens is 3. The first kappa shape index (κ1) is 12.1. The summed E-state index contributed by atoms with van der Waals surface area (Å²) in [6.07, 6.45) is 7.10. The van der Waals surface area contributed by atoms with E-state index < -0.39 is 0 Å². The lowest BCUT2D eigenvalue weighted by atomic mass is 9.83. The third-order valence-electron chi connectivity index (χ3n) is 4.16. The molecule has 0 aromatic carbocycles. The van der Waals surface area contributed by atoms with Crippen LogP contribution in [0.3, 0.4) is 0 Å². The molecule has 2 fully saturated rings. The summed E-state index contributed by atoms with van der Waals surface area (Å²) in [4.78, 5) is 0. The molecule has 1 aromatic heterocycles. The molecule has 2 bridgehead atoms. The highest BCUT2D eigenvalue weighted by molar-refractivity contribution is 5.08. The summed E-state index contributed by atoms with van der Waals surface area (Å²) < 4.78 is 7.87. The number of ether oxygens (including phenoxy) is 1. The van der Waals surface area contributed by atoms with Crippen LogP contribution in [0, 0.1) is 5.92 Å². The highest BCUT2D eigenvalue weighted by Crippen LogP contribution is 2.44. The Hall–Kier alpha value is -0.980. The molecule has 0 spiro atoms. The van der Waals surface area contributed by atoms with Gasteiger partial charge in [-0.1, -0.05) is 12.1 Å². The van der Waals surface area contributed by atoms with Gasteiger partial charge in [0.2, 0.25) is 0 Å². The Labute approximate surface area is 107 Å². The van der Waals surface area contributed by atoms with Crippen LogP contribution in [0.1, 0.15) is 44.3 Å². The Kier molecular flexibility index (Phi) is 3.32. The summed E-state index contributed by atoms with van der Waals surface area (Å²) in [5, 5.41) is 8.16. The second-order valence-electron chi connectivity index (χ2n) is 5.30. The first-order valence-electron chi connectivity index (χ1n) is 6.83. The van der Waals surface area contributed by atoms with Crippen molar-refractivity contribution < 1.29 is 4.74 Å². The van der Waals surface area contributed by atoms with Gasteiger partial charge in [0.15, 0.2) is 0 Å². The predicted octanol–water partition coefficient (Wildman–Crippen LogP) is 0.760. The topological polar surface area (TPSA) is 78.0 Å². The molecule has 0 aliphatic carbocycles. The van der Waals surface area contributed by atoms with Gasteiger partial charge in [0.05, 0.1) is 30.1 Å². The van der Waals surface area contributed by atoms with Gasteiger partial charge in [0, 0.05) is 12.5 Å². The number of nitrogens with two attached hydrogens (primary N) is 1. The molecule has 0 amide bonds. The van der Waals surface area contributed by atoms with Gasteiger partial charge >= 0.3 is 0 Å². The third-order valence-corrected chi connectivity index (χ3v) is 4.16. The van der Waals surface area contributed by atoms with Crippen molar-refractivity contribution in [2.75, 3.05) is 0 Å². The SMILES string of the molecule is CCCn1nncc1C(NN)C1CC2CCC1O2. The lowest BCUT2D eigenvalue weighted by molar-refractivity contribution is 0.0849. The molecule has 0 radical (unpaired) electrons. The second kappa shape index (κ2) is 4.95. The van der Waals surface area contributed by atoms with E-state index in [1.807, 2.05) is 10.9 Å². The normalized spacial score (nSPS) is 32.0. The smallest absolute Gasteiger partial charge is 0.0773 e. The van der Waals surface area contributed by atoms with Gasteiger partial charge in [-0.05, 0) is 25.7 Å². The van der Waals surface area contributed by atoms with Crippen molar-refractivity contribution in [3.63, 3.8) is 0 Å². The summed E-state index contributed by atoms with van der Waals surface area (Å²) in [6.45, 7) is 3.02. The standard InChI is InChI=1S/C12H21N5O/c1-2-5-17-10(7-14-16-17)12(15-13)9-6-8-3-4-11(9)18-8/h7-9,11-12,15H,2-6,13H2,1H3. The Bertz CT molecular complexity index is 407. The van der Waals surface area contributed by atoms with E-state index in [1.54, 1.807) is 0 Å². The fourth-order valence-electron chi connectivity index (χ4n) is 3.35. The van der Waals surface area contributed by atoms with Crippen LogP contribution in [0.2, 0.25) is 0 Å². The monoisotopic (exact) mass is 251 g/mol. The zero-order valence-corrected chi connectivity index (χ0v) is 10.7. The van der Waals surface area contributed by atoms with E-state index in [0.717, 1.165) is 31.5 Å². The average Bonchev–Trinajstić information content (AvgIpc) is 3.07. The average molecular weight is 251 g/mol. The summed E-state index contributed by atoms with van der Waals surface area (Å²) in [7, 11) is 0. The van der Waals surface area contributed by atoms with E-state index in [4.69, 9.17) is 10.6 Å². The van der Waals surface area contributed by atoms with Gasteiger partial charge < -0.3 is 4.74 Å². The van der Waals surface area contributed by atoms with Crippen molar-refractivity contribution in [3.05, 3.63) is 11.9 Å². The highest BCUT2D eigenvalue weighted by Gasteiger charge is 2.45. The van der Waals surface area contributed by atoms with E-state index in [1.165, 1.54) is 6.42 Å². The zero-order valence-electron chi connectivity index (χ0n) is 10.7. The van der Waals surface area contributed by atoms with Crippen LogP contribution in [0.4, 0.5) is 0 Å². The molecule has 2 aliphatic rings. The second-order valence-corrected chi connectivity index (χ2v) is 5.30. The molecule has 2 aliphatic heterocycles. The van der Waals surface area contributed by atoms with E-state index in [0.29, 0.717) is 18.1 Å². The number of nitrogens with zero attached hydrogens (tertiary/aromatic N) is 3. The minimum Gasteiger partial charge on any atom is -0.375 e. The Morgan fingerprint density at radius 1 is 1.61 bits per heavy atom. The number of rotatable bonds is 5. The summed E-state index contributed by atoms with van der Waals surface area (Å²) >= 11 is 0.